The number of rotatable bonds is 4. The van der Waals surface area contributed by atoms with Crippen LogP contribution in [-0.4, -0.2) is 32.1 Å². The number of amides is 1. The summed E-state index contributed by atoms with van der Waals surface area (Å²) in [6.07, 6.45) is 1.00. The largest absolute Gasteiger partial charge is 0.380 e. The van der Waals surface area contributed by atoms with Crippen molar-refractivity contribution in [2.75, 3.05) is 20.2 Å². The van der Waals surface area contributed by atoms with Gasteiger partial charge in [0.1, 0.15) is 0 Å². The van der Waals surface area contributed by atoms with Gasteiger partial charge < -0.3 is 15.4 Å². The highest BCUT2D eigenvalue weighted by molar-refractivity contribution is 5.94. The van der Waals surface area contributed by atoms with Crippen LogP contribution in [0, 0.1) is 0 Å². The van der Waals surface area contributed by atoms with Crippen LogP contribution < -0.4 is 10.6 Å². The van der Waals surface area contributed by atoms with Crippen LogP contribution >= 0.6 is 0 Å². The van der Waals surface area contributed by atoms with E-state index in [4.69, 9.17) is 4.74 Å². The predicted molar refractivity (Wildman–Crippen MR) is 65.9 cm³/mol. The second-order valence-corrected chi connectivity index (χ2v) is 4.30. The van der Waals surface area contributed by atoms with Crippen molar-refractivity contribution in [1.82, 2.24) is 10.6 Å². The van der Waals surface area contributed by atoms with Crippen LogP contribution in [0.1, 0.15) is 22.3 Å². The topological polar surface area (TPSA) is 50.4 Å². The molecule has 1 aliphatic heterocycles. The number of hydrogen-bond acceptors (Lipinski definition) is 3. The van der Waals surface area contributed by atoms with Crippen molar-refractivity contribution < 1.29 is 9.53 Å². The summed E-state index contributed by atoms with van der Waals surface area (Å²) in [6, 6.07) is 7.81. The fourth-order valence-electron chi connectivity index (χ4n) is 2.02. The molecule has 1 saturated heterocycles. The molecule has 0 aromatic heterocycles. The lowest BCUT2D eigenvalue weighted by atomic mass is 10.1. The van der Waals surface area contributed by atoms with Crippen molar-refractivity contribution in [3.8, 4) is 0 Å². The smallest absolute Gasteiger partial charge is 0.251 e. The molecule has 0 spiro atoms. The molecule has 0 aliphatic carbocycles. The summed E-state index contributed by atoms with van der Waals surface area (Å²) in [5, 5.41) is 6.25. The first-order valence-corrected chi connectivity index (χ1v) is 5.89. The number of hydrogen-bond donors (Lipinski definition) is 2. The molecule has 1 aromatic rings. The lowest BCUT2D eigenvalue weighted by Gasteiger charge is -2.11. The third-order valence-electron chi connectivity index (χ3n) is 2.90. The van der Waals surface area contributed by atoms with Crippen LogP contribution in [0.25, 0.3) is 0 Å². The number of carbonyl (C=O) groups excluding carboxylic acids is 1. The van der Waals surface area contributed by atoms with Gasteiger partial charge in [-0.25, -0.2) is 0 Å². The predicted octanol–water partition coefficient (Wildman–Crippen LogP) is 0.925. The number of ether oxygens (including phenoxy) is 1. The number of nitrogens with one attached hydrogen (secondary N) is 2. The first kappa shape index (κ1) is 12.1. The Balaban J connectivity index is 1.99. The highest BCUT2D eigenvalue weighted by Gasteiger charge is 2.17. The molecule has 1 amide bonds. The summed E-state index contributed by atoms with van der Waals surface area (Å²) < 4.78 is 5.05. The lowest BCUT2D eigenvalue weighted by Crippen LogP contribution is -2.36. The average molecular weight is 234 g/mol. The minimum absolute atomic E-state index is 0.00310. The Morgan fingerprint density at radius 3 is 3.18 bits per heavy atom. The van der Waals surface area contributed by atoms with Gasteiger partial charge in [-0.15, -0.1) is 0 Å². The SMILES string of the molecule is COCc1cccc(C(=O)NC2CCNC2)c1. The molecule has 4 nitrogen and oxygen atoms in total. The number of carbonyl (C=O) groups is 1. The summed E-state index contributed by atoms with van der Waals surface area (Å²) in [6.45, 7) is 2.38. The van der Waals surface area contributed by atoms with Gasteiger partial charge in [-0.3, -0.25) is 4.79 Å². The van der Waals surface area contributed by atoms with Gasteiger partial charge in [0.15, 0.2) is 0 Å². The molecular weight excluding hydrogens is 216 g/mol. The van der Waals surface area contributed by atoms with E-state index in [-0.39, 0.29) is 11.9 Å². The Bertz CT molecular complexity index is 387. The van der Waals surface area contributed by atoms with Gasteiger partial charge in [0, 0.05) is 25.3 Å². The standard InChI is InChI=1S/C13H18N2O2/c1-17-9-10-3-2-4-11(7-10)13(16)15-12-5-6-14-8-12/h2-4,7,12,14H,5-6,8-9H2,1H3,(H,15,16). The molecule has 1 aromatic carbocycles. The van der Waals surface area contributed by atoms with Crippen LogP contribution in [0.15, 0.2) is 24.3 Å². The van der Waals surface area contributed by atoms with E-state index >= 15 is 0 Å². The van der Waals surface area contributed by atoms with E-state index in [1.807, 2.05) is 24.3 Å². The zero-order valence-electron chi connectivity index (χ0n) is 10.0. The summed E-state index contributed by atoms with van der Waals surface area (Å²) in [7, 11) is 1.65. The maximum Gasteiger partial charge on any atom is 0.251 e. The fourth-order valence-corrected chi connectivity index (χ4v) is 2.02. The van der Waals surface area contributed by atoms with Crippen LogP contribution in [0.3, 0.4) is 0 Å². The van der Waals surface area contributed by atoms with Crippen LogP contribution in [0.2, 0.25) is 0 Å². The van der Waals surface area contributed by atoms with Gasteiger partial charge in [0.05, 0.1) is 6.61 Å². The fraction of sp³-hybridized carbons (Fsp3) is 0.462. The van der Waals surface area contributed by atoms with Crippen molar-refractivity contribution in [1.29, 1.82) is 0 Å². The van der Waals surface area contributed by atoms with Gasteiger partial charge >= 0.3 is 0 Å². The van der Waals surface area contributed by atoms with E-state index in [0.29, 0.717) is 12.2 Å². The molecule has 1 aliphatic rings. The number of methoxy groups -OCH3 is 1. The zero-order chi connectivity index (χ0) is 12.1. The Labute approximate surface area is 101 Å². The minimum Gasteiger partial charge on any atom is -0.380 e. The Kier molecular flexibility index (Phi) is 4.12. The van der Waals surface area contributed by atoms with Gasteiger partial charge in [-0.2, -0.15) is 0 Å². The van der Waals surface area contributed by atoms with E-state index in [2.05, 4.69) is 10.6 Å². The Hall–Kier alpha value is -1.39. The molecule has 1 fully saturated rings. The molecule has 2 rings (SSSR count). The summed E-state index contributed by atoms with van der Waals surface area (Å²) in [5.74, 6) is -0.00310. The van der Waals surface area contributed by atoms with E-state index < -0.39 is 0 Å². The first-order chi connectivity index (χ1) is 8.29. The van der Waals surface area contributed by atoms with Gasteiger partial charge in [-0.1, -0.05) is 12.1 Å². The van der Waals surface area contributed by atoms with Crippen molar-refractivity contribution in [2.45, 2.75) is 19.1 Å². The summed E-state index contributed by atoms with van der Waals surface area (Å²) in [4.78, 5) is 12.0. The molecule has 1 atom stereocenters. The van der Waals surface area contributed by atoms with Crippen molar-refractivity contribution in [2.24, 2.45) is 0 Å². The lowest BCUT2D eigenvalue weighted by molar-refractivity contribution is 0.0939. The third-order valence-corrected chi connectivity index (χ3v) is 2.90. The second kappa shape index (κ2) is 5.80. The van der Waals surface area contributed by atoms with Crippen LogP contribution in [0.5, 0.6) is 0 Å². The van der Waals surface area contributed by atoms with Crippen molar-refractivity contribution in [3.63, 3.8) is 0 Å². The zero-order valence-corrected chi connectivity index (χ0v) is 10.0. The Morgan fingerprint density at radius 1 is 1.59 bits per heavy atom. The van der Waals surface area contributed by atoms with E-state index in [1.54, 1.807) is 7.11 Å². The normalized spacial score (nSPS) is 19.2. The van der Waals surface area contributed by atoms with Gasteiger partial charge in [0.2, 0.25) is 0 Å². The monoisotopic (exact) mass is 234 g/mol. The molecule has 0 saturated carbocycles. The molecule has 92 valence electrons. The molecule has 17 heavy (non-hydrogen) atoms. The first-order valence-electron chi connectivity index (χ1n) is 5.89. The highest BCUT2D eigenvalue weighted by Crippen LogP contribution is 2.07. The molecule has 0 bridgehead atoms. The maximum absolute atomic E-state index is 12.0. The molecular formula is C13H18N2O2. The maximum atomic E-state index is 12.0. The van der Waals surface area contributed by atoms with Crippen LogP contribution in [0.4, 0.5) is 0 Å². The molecule has 2 N–H and O–H groups in total. The molecule has 4 heteroatoms. The van der Waals surface area contributed by atoms with Crippen molar-refractivity contribution >= 4 is 5.91 Å². The molecule has 0 radical (unpaired) electrons. The Morgan fingerprint density at radius 2 is 2.47 bits per heavy atom. The van der Waals surface area contributed by atoms with E-state index in [9.17, 15) is 4.79 Å². The van der Waals surface area contributed by atoms with E-state index in [1.165, 1.54) is 0 Å². The summed E-state index contributed by atoms with van der Waals surface area (Å²) >= 11 is 0. The molecule has 1 unspecified atom stereocenters. The quantitative estimate of drug-likeness (QED) is 0.814. The second-order valence-electron chi connectivity index (χ2n) is 4.30. The summed E-state index contributed by atoms with van der Waals surface area (Å²) in [5.41, 5.74) is 1.72. The van der Waals surface area contributed by atoms with E-state index in [0.717, 1.165) is 25.1 Å². The van der Waals surface area contributed by atoms with Gasteiger partial charge in [-0.05, 0) is 30.7 Å². The molecule has 1 heterocycles. The highest BCUT2D eigenvalue weighted by atomic mass is 16.5. The van der Waals surface area contributed by atoms with Crippen molar-refractivity contribution in [3.05, 3.63) is 35.4 Å². The minimum atomic E-state index is -0.00310. The average Bonchev–Trinajstić information content (AvgIpc) is 2.83. The number of benzene rings is 1. The third kappa shape index (κ3) is 3.28. The van der Waals surface area contributed by atoms with Gasteiger partial charge in [0.25, 0.3) is 5.91 Å². The van der Waals surface area contributed by atoms with Crippen LogP contribution in [-0.2, 0) is 11.3 Å².